The number of unbranched alkanes of at least 4 members (excludes halogenated alkanes) is 1. The van der Waals surface area contributed by atoms with Gasteiger partial charge in [-0.25, -0.2) is 0 Å². The van der Waals surface area contributed by atoms with Crippen LogP contribution < -0.4 is 0 Å². The van der Waals surface area contributed by atoms with Crippen molar-refractivity contribution in [1.82, 2.24) is 0 Å². The maximum Gasteiger partial charge on any atom is -0.0192 e. The van der Waals surface area contributed by atoms with Crippen LogP contribution in [0.4, 0.5) is 0 Å². The first-order valence-electron chi connectivity index (χ1n) is 10.8. The molecule has 0 aromatic heterocycles. The predicted molar refractivity (Wildman–Crippen MR) is 106 cm³/mol. The van der Waals surface area contributed by atoms with Crippen molar-refractivity contribution in [2.24, 2.45) is 34.5 Å². The van der Waals surface area contributed by atoms with Gasteiger partial charge < -0.3 is 0 Å². The van der Waals surface area contributed by atoms with Gasteiger partial charge in [0.1, 0.15) is 0 Å². The van der Waals surface area contributed by atoms with E-state index in [9.17, 15) is 0 Å². The van der Waals surface area contributed by atoms with E-state index in [1.165, 1.54) is 57.8 Å². The maximum absolute atomic E-state index is 2.64. The third kappa shape index (κ3) is 4.16. The van der Waals surface area contributed by atoms with Gasteiger partial charge >= 0.3 is 0 Å². The van der Waals surface area contributed by atoms with Crippen LogP contribution >= 0.6 is 0 Å². The lowest BCUT2D eigenvalue weighted by Gasteiger charge is -2.66. The van der Waals surface area contributed by atoms with E-state index in [1.54, 1.807) is 0 Å². The van der Waals surface area contributed by atoms with E-state index in [0.717, 1.165) is 23.7 Å². The van der Waals surface area contributed by atoms with Crippen molar-refractivity contribution in [2.75, 3.05) is 0 Å². The van der Waals surface area contributed by atoms with Gasteiger partial charge in [-0.15, -0.1) is 0 Å². The van der Waals surface area contributed by atoms with Crippen molar-refractivity contribution in [2.45, 2.75) is 113 Å². The van der Waals surface area contributed by atoms with Gasteiger partial charge in [-0.3, -0.25) is 0 Å². The molecule has 0 bridgehead atoms. The van der Waals surface area contributed by atoms with E-state index in [0.29, 0.717) is 10.8 Å². The van der Waals surface area contributed by atoms with E-state index >= 15 is 0 Å². The van der Waals surface area contributed by atoms with E-state index in [2.05, 4.69) is 55.4 Å². The summed E-state index contributed by atoms with van der Waals surface area (Å²) in [5.74, 6) is 3.50. The number of rotatable bonds is 11. The zero-order valence-electron chi connectivity index (χ0n) is 17.7. The third-order valence-electron chi connectivity index (χ3n) is 7.98. The molecule has 0 aliphatic heterocycles. The summed E-state index contributed by atoms with van der Waals surface area (Å²) in [6.07, 6.45) is 12.7. The standard InChI is InChI=1S/C23H46/c1-9-11-13-20(6)22(8)16-17-23(22,18(3)4)21(7)15-14-19(5)12-10-2/h18-21H,9-17H2,1-8H3. The lowest BCUT2D eigenvalue weighted by Crippen LogP contribution is -2.59. The highest BCUT2D eigenvalue weighted by atomic mass is 14.7. The molecule has 0 radical (unpaired) electrons. The van der Waals surface area contributed by atoms with Gasteiger partial charge in [-0.05, 0) is 53.8 Å². The monoisotopic (exact) mass is 322 g/mol. The van der Waals surface area contributed by atoms with E-state index < -0.39 is 0 Å². The lowest BCUT2D eigenvalue weighted by molar-refractivity contribution is -0.177. The number of hydrogen-bond acceptors (Lipinski definition) is 0. The Hall–Kier alpha value is 0. The van der Waals surface area contributed by atoms with E-state index in [1.807, 2.05) is 0 Å². The fraction of sp³-hybridized carbons (Fsp3) is 1.00. The molecule has 1 fully saturated rings. The van der Waals surface area contributed by atoms with Crippen LogP contribution in [0.25, 0.3) is 0 Å². The molecule has 0 aromatic rings. The quantitative estimate of drug-likeness (QED) is 0.360. The summed E-state index contributed by atoms with van der Waals surface area (Å²) in [5.41, 5.74) is 1.16. The van der Waals surface area contributed by atoms with Crippen molar-refractivity contribution in [3.8, 4) is 0 Å². The van der Waals surface area contributed by atoms with Crippen LogP contribution in [0, 0.1) is 34.5 Å². The molecule has 1 rings (SSSR count). The molecule has 1 aliphatic rings. The molecular formula is C23H46. The SMILES string of the molecule is CCCCC(C)C1(C)CCC1(C(C)C)C(C)CCC(C)CCC. The molecule has 1 aliphatic carbocycles. The normalized spacial score (nSPS) is 31.7. The Labute approximate surface area is 148 Å². The molecule has 23 heavy (non-hydrogen) atoms. The number of hydrogen-bond donors (Lipinski definition) is 0. The second-order valence-corrected chi connectivity index (χ2v) is 9.53. The summed E-state index contributed by atoms with van der Waals surface area (Å²) in [5, 5.41) is 0. The molecule has 0 nitrogen and oxygen atoms in total. The van der Waals surface area contributed by atoms with Gasteiger partial charge in [-0.2, -0.15) is 0 Å². The second kappa shape index (κ2) is 8.91. The molecule has 0 aromatic carbocycles. The Morgan fingerprint density at radius 1 is 0.739 bits per heavy atom. The molecule has 0 spiro atoms. The summed E-state index contributed by atoms with van der Waals surface area (Å²) in [6.45, 7) is 19.9. The highest BCUT2D eigenvalue weighted by Crippen LogP contribution is 2.68. The Morgan fingerprint density at radius 3 is 1.83 bits per heavy atom. The highest BCUT2D eigenvalue weighted by Gasteiger charge is 2.61. The molecule has 0 saturated heterocycles. The second-order valence-electron chi connectivity index (χ2n) is 9.53. The molecule has 5 atom stereocenters. The topological polar surface area (TPSA) is 0 Å². The molecule has 0 heteroatoms. The molecular weight excluding hydrogens is 276 g/mol. The minimum atomic E-state index is 0.573. The first kappa shape index (κ1) is 21.0. The molecule has 5 unspecified atom stereocenters. The van der Waals surface area contributed by atoms with Gasteiger partial charge in [0.25, 0.3) is 0 Å². The fourth-order valence-electron chi connectivity index (χ4n) is 6.10. The minimum Gasteiger partial charge on any atom is -0.0654 e. The van der Waals surface area contributed by atoms with Crippen LogP contribution in [-0.2, 0) is 0 Å². The highest BCUT2D eigenvalue weighted by molar-refractivity contribution is 5.09. The summed E-state index contributed by atoms with van der Waals surface area (Å²) < 4.78 is 0. The zero-order chi connectivity index (χ0) is 17.7. The first-order chi connectivity index (χ1) is 10.8. The average molecular weight is 323 g/mol. The van der Waals surface area contributed by atoms with E-state index in [-0.39, 0.29) is 0 Å². The Kier molecular flexibility index (Phi) is 8.15. The van der Waals surface area contributed by atoms with Gasteiger partial charge in [0.15, 0.2) is 0 Å². The van der Waals surface area contributed by atoms with Crippen LogP contribution in [0.15, 0.2) is 0 Å². The molecule has 1 saturated carbocycles. The Bertz CT molecular complexity index is 331. The summed E-state index contributed by atoms with van der Waals surface area (Å²) >= 11 is 0. The van der Waals surface area contributed by atoms with Crippen molar-refractivity contribution in [3.63, 3.8) is 0 Å². The Balaban J connectivity index is 2.82. The van der Waals surface area contributed by atoms with Gasteiger partial charge in [0.2, 0.25) is 0 Å². The average Bonchev–Trinajstić information content (AvgIpc) is 2.48. The first-order valence-corrected chi connectivity index (χ1v) is 10.8. The zero-order valence-corrected chi connectivity index (χ0v) is 17.7. The summed E-state index contributed by atoms with van der Waals surface area (Å²) in [7, 11) is 0. The van der Waals surface area contributed by atoms with Crippen molar-refractivity contribution < 1.29 is 0 Å². The van der Waals surface area contributed by atoms with Crippen molar-refractivity contribution >= 4 is 0 Å². The third-order valence-corrected chi connectivity index (χ3v) is 7.98. The van der Waals surface area contributed by atoms with Crippen LogP contribution in [0.2, 0.25) is 0 Å². The van der Waals surface area contributed by atoms with E-state index in [4.69, 9.17) is 0 Å². The van der Waals surface area contributed by atoms with Gasteiger partial charge in [0, 0.05) is 0 Å². The smallest absolute Gasteiger partial charge is 0.0192 e. The van der Waals surface area contributed by atoms with Crippen LogP contribution in [-0.4, -0.2) is 0 Å². The Morgan fingerprint density at radius 2 is 1.39 bits per heavy atom. The van der Waals surface area contributed by atoms with Crippen LogP contribution in [0.5, 0.6) is 0 Å². The van der Waals surface area contributed by atoms with Crippen LogP contribution in [0.1, 0.15) is 113 Å². The summed E-state index contributed by atoms with van der Waals surface area (Å²) in [4.78, 5) is 0. The largest absolute Gasteiger partial charge is 0.0654 e. The van der Waals surface area contributed by atoms with Crippen molar-refractivity contribution in [3.05, 3.63) is 0 Å². The van der Waals surface area contributed by atoms with Crippen molar-refractivity contribution in [1.29, 1.82) is 0 Å². The lowest BCUT2D eigenvalue weighted by atomic mass is 9.38. The fourth-order valence-corrected chi connectivity index (χ4v) is 6.10. The summed E-state index contributed by atoms with van der Waals surface area (Å²) in [6, 6.07) is 0. The molecule has 0 heterocycles. The van der Waals surface area contributed by atoms with Gasteiger partial charge in [-0.1, -0.05) is 93.9 Å². The van der Waals surface area contributed by atoms with Gasteiger partial charge in [0.05, 0.1) is 0 Å². The molecule has 0 amide bonds. The molecule has 138 valence electrons. The minimum absolute atomic E-state index is 0.573. The maximum atomic E-state index is 2.64. The predicted octanol–water partition coefficient (Wildman–Crippen LogP) is 8.11. The molecule has 0 N–H and O–H groups in total. The van der Waals surface area contributed by atoms with Crippen LogP contribution in [0.3, 0.4) is 0 Å².